The Balaban J connectivity index is 1.50. The van der Waals surface area contributed by atoms with Crippen LogP contribution >= 0.6 is 0 Å². The lowest BCUT2D eigenvalue weighted by molar-refractivity contribution is -0.131. The van der Waals surface area contributed by atoms with Gasteiger partial charge in [0.25, 0.3) is 0 Å². The molecule has 7 nitrogen and oxygen atoms in total. The van der Waals surface area contributed by atoms with Gasteiger partial charge in [0, 0.05) is 13.1 Å². The van der Waals surface area contributed by atoms with Gasteiger partial charge in [-0.2, -0.15) is 5.10 Å². The molecule has 27 heavy (non-hydrogen) atoms. The molecule has 2 aromatic rings. The Morgan fingerprint density at radius 1 is 1.22 bits per heavy atom. The highest BCUT2D eigenvalue weighted by Gasteiger charge is 2.26. The van der Waals surface area contributed by atoms with E-state index in [1.807, 2.05) is 18.2 Å². The fraction of sp³-hybridized carbons (Fsp3) is 0.474. The lowest BCUT2D eigenvalue weighted by atomic mass is 9.90. The van der Waals surface area contributed by atoms with Gasteiger partial charge in [-0.1, -0.05) is 30.3 Å². The van der Waals surface area contributed by atoms with Crippen molar-refractivity contribution in [3.63, 3.8) is 0 Å². The second-order valence-corrected chi connectivity index (χ2v) is 8.81. The molecule has 1 aliphatic heterocycles. The van der Waals surface area contributed by atoms with E-state index in [1.165, 1.54) is 5.56 Å². The maximum atomic E-state index is 12.4. The third-order valence-electron chi connectivity index (χ3n) is 5.08. The fourth-order valence-electron chi connectivity index (χ4n) is 3.61. The number of aromatic amines is 1. The van der Waals surface area contributed by atoms with Crippen LogP contribution in [-0.4, -0.2) is 49.1 Å². The molecule has 0 aliphatic carbocycles. The molecule has 0 atom stereocenters. The lowest BCUT2D eigenvalue weighted by Gasteiger charge is -2.32. The third-order valence-corrected chi connectivity index (χ3v) is 6.74. The largest absolute Gasteiger partial charge is 0.342 e. The third kappa shape index (κ3) is 4.75. The van der Waals surface area contributed by atoms with Crippen LogP contribution in [-0.2, 0) is 21.2 Å². The first-order chi connectivity index (χ1) is 12.9. The van der Waals surface area contributed by atoms with Gasteiger partial charge < -0.3 is 4.90 Å². The molecular weight excluding hydrogens is 364 g/mol. The molecule has 1 saturated heterocycles. The number of benzene rings is 1. The predicted molar refractivity (Wildman–Crippen MR) is 103 cm³/mol. The molecule has 2 N–H and O–H groups in total. The van der Waals surface area contributed by atoms with Crippen LogP contribution in [0.4, 0.5) is 0 Å². The molecule has 0 unspecified atom stereocenters. The number of likely N-dealkylation sites (tertiary alicyclic amines) is 1. The minimum Gasteiger partial charge on any atom is -0.342 e. The van der Waals surface area contributed by atoms with Crippen molar-refractivity contribution in [1.82, 2.24) is 19.8 Å². The highest BCUT2D eigenvalue weighted by atomic mass is 32.2. The monoisotopic (exact) mass is 390 g/mol. The number of carbonyl (C=O) groups is 1. The van der Waals surface area contributed by atoms with Crippen molar-refractivity contribution < 1.29 is 13.2 Å². The number of aromatic nitrogens is 2. The van der Waals surface area contributed by atoms with Crippen molar-refractivity contribution in [1.29, 1.82) is 0 Å². The summed E-state index contributed by atoms with van der Waals surface area (Å²) in [6, 6.07) is 10.4. The topological polar surface area (TPSA) is 95.2 Å². The van der Waals surface area contributed by atoms with E-state index in [2.05, 4.69) is 27.1 Å². The first-order valence-corrected chi connectivity index (χ1v) is 10.7. The molecule has 1 amide bonds. The summed E-state index contributed by atoms with van der Waals surface area (Å²) in [6.07, 6.45) is 2.90. The average molecular weight is 391 g/mol. The number of carbonyl (C=O) groups excluding carboxylic acids is 1. The molecular formula is C19H26N4O3S. The van der Waals surface area contributed by atoms with Crippen LogP contribution in [0.3, 0.4) is 0 Å². The van der Waals surface area contributed by atoms with Crippen LogP contribution in [0.1, 0.15) is 29.8 Å². The Kier molecular flexibility index (Phi) is 5.96. The Labute approximate surface area is 160 Å². The molecule has 0 radical (unpaired) electrons. The normalized spacial score (nSPS) is 15.9. The average Bonchev–Trinajstić information content (AvgIpc) is 3.00. The number of nitrogens with zero attached hydrogens (tertiary/aromatic N) is 2. The Morgan fingerprint density at radius 2 is 1.89 bits per heavy atom. The summed E-state index contributed by atoms with van der Waals surface area (Å²) in [5.74, 6) is 0.375. The summed E-state index contributed by atoms with van der Waals surface area (Å²) >= 11 is 0. The van der Waals surface area contributed by atoms with Crippen LogP contribution in [0.25, 0.3) is 0 Å². The van der Waals surface area contributed by atoms with Gasteiger partial charge in [0.2, 0.25) is 15.9 Å². The Morgan fingerprint density at radius 3 is 2.48 bits per heavy atom. The van der Waals surface area contributed by atoms with Gasteiger partial charge in [0.05, 0.1) is 17.9 Å². The van der Waals surface area contributed by atoms with Gasteiger partial charge in [0.15, 0.2) is 0 Å². The van der Waals surface area contributed by atoms with Gasteiger partial charge in [-0.05, 0) is 44.6 Å². The van der Waals surface area contributed by atoms with Crippen LogP contribution in [0.2, 0.25) is 0 Å². The number of sulfonamides is 1. The molecule has 3 rings (SSSR count). The summed E-state index contributed by atoms with van der Waals surface area (Å²) in [6.45, 7) is 4.38. The summed E-state index contributed by atoms with van der Waals surface area (Å²) in [5.41, 5.74) is 2.18. The van der Waals surface area contributed by atoms with E-state index in [1.54, 1.807) is 18.7 Å². The molecule has 0 saturated carbocycles. The lowest BCUT2D eigenvalue weighted by Crippen LogP contribution is -2.44. The highest BCUT2D eigenvalue weighted by molar-refractivity contribution is 7.89. The van der Waals surface area contributed by atoms with Crippen LogP contribution in [0, 0.1) is 19.8 Å². The predicted octanol–water partition coefficient (Wildman–Crippen LogP) is 1.79. The second kappa shape index (κ2) is 8.22. The fourth-order valence-corrected chi connectivity index (χ4v) is 4.95. The molecule has 2 heterocycles. The van der Waals surface area contributed by atoms with Gasteiger partial charge in [-0.25, -0.2) is 13.1 Å². The molecule has 1 fully saturated rings. The zero-order chi connectivity index (χ0) is 19.4. The van der Waals surface area contributed by atoms with Crippen molar-refractivity contribution in [2.45, 2.75) is 38.0 Å². The molecule has 1 aliphatic rings. The molecule has 0 bridgehead atoms. The number of hydrogen-bond donors (Lipinski definition) is 2. The number of nitrogens with one attached hydrogen (secondary N) is 2. The minimum atomic E-state index is -3.75. The van der Waals surface area contributed by atoms with Crippen LogP contribution in [0.15, 0.2) is 35.2 Å². The van der Waals surface area contributed by atoms with E-state index in [-0.39, 0.29) is 17.3 Å². The van der Waals surface area contributed by atoms with Crippen molar-refractivity contribution >= 4 is 15.9 Å². The highest BCUT2D eigenvalue weighted by Crippen LogP contribution is 2.22. The van der Waals surface area contributed by atoms with E-state index in [0.717, 1.165) is 19.3 Å². The SMILES string of the molecule is Cc1n[nH]c(C)c1S(=O)(=O)NCC(=O)N1CCC(Cc2ccccc2)CC1. The second-order valence-electron chi connectivity index (χ2n) is 7.10. The maximum absolute atomic E-state index is 12.4. The summed E-state index contributed by atoms with van der Waals surface area (Å²) < 4.78 is 27.3. The minimum absolute atomic E-state index is 0.122. The van der Waals surface area contributed by atoms with E-state index in [9.17, 15) is 13.2 Å². The standard InChI is InChI=1S/C19H26N4O3S/c1-14-19(15(2)22-21-14)27(25,26)20-13-18(24)23-10-8-17(9-11-23)12-16-6-4-3-5-7-16/h3-7,17,20H,8-13H2,1-2H3,(H,21,22). The maximum Gasteiger partial charge on any atom is 0.244 e. The van der Waals surface area contributed by atoms with Gasteiger partial charge in [-0.15, -0.1) is 0 Å². The number of H-pyrrole nitrogens is 1. The van der Waals surface area contributed by atoms with Crippen molar-refractivity contribution in [2.75, 3.05) is 19.6 Å². The summed E-state index contributed by atoms with van der Waals surface area (Å²) in [4.78, 5) is 14.3. The molecule has 1 aromatic carbocycles. The van der Waals surface area contributed by atoms with Crippen LogP contribution < -0.4 is 4.72 Å². The first kappa shape index (κ1) is 19.6. The van der Waals surface area contributed by atoms with Gasteiger partial charge in [-0.3, -0.25) is 9.89 Å². The first-order valence-electron chi connectivity index (χ1n) is 9.20. The van der Waals surface area contributed by atoms with E-state index >= 15 is 0 Å². The zero-order valence-electron chi connectivity index (χ0n) is 15.7. The van der Waals surface area contributed by atoms with E-state index in [0.29, 0.717) is 30.4 Å². The van der Waals surface area contributed by atoms with Crippen molar-refractivity contribution in [3.05, 3.63) is 47.3 Å². The molecule has 1 aromatic heterocycles. The quantitative estimate of drug-likeness (QED) is 0.786. The van der Waals surface area contributed by atoms with E-state index < -0.39 is 10.0 Å². The molecule has 146 valence electrons. The molecule has 0 spiro atoms. The summed E-state index contributed by atoms with van der Waals surface area (Å²) in [5, 5.41) is 6.56. The number of hydrogen-bond acceptors (Lipinski definition) is 4. The van der Waals surface area contributed by atoms with Crippen LogP contribution in [0.5, 0.6) is 0 Å². The van der Waals surface area contributed by atoms with Crippen molar-refractivity contribution in [3.8, 4) is 0 Å². The van der Waals surface area contributed by atoms with E-state index in [4.69, 9.17) is 0 Å². The molecule has 8 heteroatoms. The number of aryl methyl sites for hydroxylation is 2. The summed E-state index contributed by atoms with van der Waals surface area (Å²) in [7, 11) is -3.75. The Bertz CT molecular complexity index is 865. The number of piperidine rings is 1. The van der Waals surface area contributed by atoms with Gasteiger partial charge >= 0.3 is 0 Å². The smallest absolute Gasteiger partial charge is 0.244 e. The van der Waals surface area contributed by atoms with Gasteiger partial charge in [0.1, 0.15) is 4.90 Å². The number of amides is 1. The van der Waals surface area contributed by atoms with Crippen molar-refractivity contribution in [2.24, 2.45) is 5.92 Å². The zero-order valence-corrected chi connectivity index (χ0v) is 16.6. The Hall–Kier alpha value is -2.19. The number of rotatable bonds is 6.